The lowest BCUT2D eigenvalue weighted by atomic mass is 10.1. The maximum absolute atomic E-state index is 4.42. The fourth-order valence-corrected chi connectivity index (χ4v) is 2.42. The highest BCUT2D eigenvalue weighted by molar-refractivity contribution is 5.88. The van der Waals surface area contributed by atoms with Gasteiger partial charge in [0.2, 0.25) is 0 Å². The van der Waals surface area contributed by atoms with Gasteiger partial charge in [-0.25, -0.2) is 4.98 Å². The van der Waals surface area contributed by atoms with Crippen molar-refractivity contribution < 1.29 is 0 Å². The molecule has 0 aromatic carbocycles. The molecule has 0 radical (unpaired) electrons. The molecular formula is C16H18N4. The number of rotatable bonds is 3. The number of nitrogens with zero attached hydrogens (tertiary/aromatic N) is 3. The van der Waals surface area contributed by atoms with Crippen LogP contribution < -0.4 is 0 Å². The Hall–Kier alpha value is -2.20. The highest BCUT2D eigenvalue weighted by atomic mass is 15.1. The molecule has 0 aliphatic heterocycles. The number of pyridine rings is 2. The van der Waals surface area contributed by atoms with Crippen LogP contribution in [0, 0.1) is 6.92 Å². The van der Waals surface area contributed by atoms with E-state index in [1.165, 1.54) is 10.9 Å². The first kappa shape index (κ1) is 12.8. The van der Waals surface area contributed by atoms with Crippen LogP contribution in [0.5, 0.6) is 0 Å². The molecule has 0 spiro atoms. The molecule has 3 aromatic heterocycles. The molecule has 0 fully saturated rings. The number of H-pyrrole nitrogens is 1. The summed E-state index contributed by atoms with van der Waals surface area (Å²) in [7, 11) is 4.15. The van der Waals surface area contributed by atoms with Gasteiger partial charge in [-0.1, -0.05) is 0 Å². The zero-order valence-electron chi connectivity index (χ0n) is 12.0. The van der Waals surface area contributed by atoms with Crippen molar-refractivity contribution in [1.82, 2.24) is 19.9 Å². The smallest absolute Gasteiger partial charge is 0.138 e. The van der Waals surface area contributed by atoms with Crippen LogP contribution in [0.2, 0.25) is 0 Å². The Kier molecular flexibility index (Phi) is 3.24. The first-order valence-electron chi connectivity index (χ1n) is 6.68. The minimum absolute atomic E-state index is 0.870. The van der Waals surface area contributed by atoms with Gasteiger partial charge in [-0.2, -0.15) is 0 Å². The predicted octanol–water partition coefficient (Wildman–Crippen LogP) is 2.99. The molecular weight excluding hydrogens is 248 g/mol. The van der Waals surface area contributed by atoms with Gasteiger partial charge in [0.25, 0.3) is 0 Å². The fraction of sp³-hybridized carbons (Fsp3) is 0.250. The van der Waals surface area contributed by atoms with Gasteiger partial charge >= 0.3 is 0 Å². The van der Waals surface area contributed by atoms with Crippen molar-refractivity contribution in [3.05, 3.63) is 47.9 Å². The van der Waals surface area contributed by atoms with Crippen LogP contribution in [-0.4, -0.2) is 33.9 Å². The van der Waals surface area contributed by atoms with Crippen LogP contribution in [-0.2, 0) is 6.54 Å². The number of aryl methyl sites for hydroxylation is 1. The zero-order valence-corrected chi connectivity index (χ0v) is 12.0. The molecule has 20 heavy (non-hydrogen) atoms. The molecule has 1 N–H and O–H groups in total. The molecule has 3 aromatic rings. The van der Waals surface area contributed by atoms with Crippen molar-refractivity contribution in [3.63, 3.8) is 0 Å². The summed E-state index contributed by atoms with van der Waals surface area (Å²) < 4.78 is 0. The topological polar surface area (TPSA) is 44.8 Å². The lowest BCUT2D eigenvalue weighted by molar-refractivity contribution is 0.404. The van der Waals surface area contributed by atoms with E-state index in [4.69, 9.17) is 0 Å². The molecule has 4 heteroatoms. The molecule has 0 bridgehead atoms. The van der Waals surface area contributed by atoms with E-state index in [9.17, 15) is 0 Å². The summed E-state index contributed by atoms with van der Waals surface area (Å²) in [5.41, 5.74) is 5.44. The third-order valence-corrected chi connectivity index (χ3v) is 3.35. The van der Waals surface area contributed by atoms with Crippen molar-refractivity contribution >= 4 is 11.0 Å². The van der Waals surface area contributed by atoms with E-state index in [1.807, 2.05) is 31.5 Å². The SMILES string of the molecule is Cc1ccc(-c2[nH]c3ncccc3c2CN(C)C)cn1. The van der Waals surface area contributed by atoms with Crippen molar-refractivity contribution in [3.8, 4) is 11.3 Å². The van der Waals surface area contributed by atoms with Crippen LogP contribution in [0.3, 0.4) is 0 Å². The third-order valence-electron chi connectivity index (χ3n) is 3.35. The van der Waals surface area contributed by atoms with Gasteiger partial charge in [0.1, 0.15) is 5.65 Å². The van der Waals surface area contributed by atoms with Gasteiger partial charge < -0.3 is 9.88 Å². The fourth-order valence-electron chi connectivity index (χ4n) is 2.42. The molecule has 102 valence electrons. The summed E-state index contributed by atoms with van der Waals surface area (Å²) in [4.78, 5) is 14.4. The van der Waals surface area contributed by atoms with E-state index in [0.717, 1.165) is 29.1 Å². The first-order chi connectivity index (χ1) is 9.65. The summed E-state index contributed by atoms with van der Waals surface area (Å²) >= 11 is 0. The van der Waals surface area contributed by atoms with Gasteiger partial charge in [0.05, 0.1) is 5.69 Å². The number of hydrogen-bond donors (Lipinski definition) is 1. The summed E-state index contributed by atoms with van der Waals surface area (Å²) in [6, 6.07) is 8.23. The summed E-state index contributed by atoms with van der Waals surface area (Å²) in [6.07, 6.45) is 3.73. The van der Waals surface area contributed by atoms with Crippen LogP contribution in [0.25, 0.3) is 22.3 Å². The molecule has 0 saturated carbocycles. The lowest BCUT2D eigenvalue weighted by Crippen LogP contribution is -2.11. The van der Waals surface area contributed by atoms with Gasteiger partial charge in [-0.15, -0.1) is 0 Å². The average Bonchev–Trinajstić information content (AvgIpc) is 2.78. The van der Waals surface area contributed by atoms with Gasteiger partial charge in [0.15, 0.2) is 0 Å². The normalized spacial score (nSPS) is 11.4. The van der Waals surface area contributed by atoms with Crippen LogP contribution in [0.15, 0.2) is 36.7 Å². The Labute approximate surface area is 118 Å². The monoisotopic (exact) mass is 266 g/mol. The van der Waals surface area contributed by atoms with Crippen LogP contribution in [0.1, 0.15) is 11.3 Å². The zero-order chi connectivity index (χ0) is 14.1. The van der Waals surface area contributed by atoms with Crippen molar-refractivity contribution in [2.24, 2.45) is 0 Å². The van der Waals surface area contributed by atoms with E-state index in [0.29, 0.717) is 0 Å². The lowest BCUT2D eigenvalue weighted by Gasteiger charge is -2.11. The minimum atomic E-state index is 0.870. The second-order valence-electron chi connectivity index (χ2n) is 5.30. The van der Waals surface area contributed by atoms with E-state index in [2.05, 4.69) is 46.1 Å². The summed E-state index contributed by atoms with van der Waals surface area (Å²) in [5, 5.41) is 1.18. The Bertz CT molecular complexity index is 726. The maximum Gasteiger partial charge on any atom is 0.138 e. The first-order valence-corrected chi connectivity index (χ1v) is 6.68. The van der Waals surface area contributed by atoms with Crippen molar-refractivity contribution in [2.75, 3.05) is 14.1 Å². The Morgan fingerprint density at radius 1 is 1.15 bits per heavy atom. The molecule has 0 unspecified atom stereocenters. The molecule has 3 heterocycles. The van der Waals surface area contributed by atoms with E-state index in [-0.39, 0.29) is 0 Å². The van der Waals surface area contributed by atoms with E-state index < -0.39 is 0 Å². The number of nitrogens with one attached hydrogen (secondary N) is 1. The molecule has 0 aliphatic carbocycles. The molecule has 0 atom stereocenters. The maximum atomic E-state index is 4.42. The quantitative estimate of drug-likeness (QED) is 0.792. The Morgan fingerprint density at radius 2 is 2.00 bits per heavy atom. The highest BCUT2D eigenvalue weighted by Gasteiger charge is 2.14. The summed E-state index contributed by atoms with van der Waals surface area (Å²) in [6.45, 7) is 2.87. The summed E-state index contributed by atoms with van der Waals surface area (Å²) in [5.74, 6) is 0. The van der Waals surface area contributed by atoms with E-state index >= 15 is 0 Å². The molecule has 3 rings (SSSR count). The largest absolute Gasteiger partial charge is 0.339 e. The van der Waals surface area contributed by atoms with Gasteiger partial charge in [-0.3, -0.25) is 4.98 Å². The van der Waals surface area contributed by atoms with Crippen LogP contribution >= 0.6 is 0 Å². The third kappa shape index (κ3) is 2.30. The number of aromatic amines is 1. The van der Waals surface area contributed by atoms with Crippen molar-refractivity contribution in [1.29, 1.82) is 0 Å². The predicted molar refractivity (Wildman–Crippen MR) is 81.5 cm³/mol. The van der Waals surface area contributed by atoms with Crippen molar-refractivity contribution in [2.45, 2.75) is 13.5 Å². The average molecular weight is 266 g/mol. The highest BCUT2D eigenvalue weighted by Crippen LogP contribution is 2.29. The van der Waals surface area contributed by atoms with Gasteiger partial charge in [0, 0.05) is 41.1 Å². The number of hydrogen-bond acceptors (Lipinski definition) is 3. The second-order valence-corrected chi connectivity index (χ2v) is 5.30. The minimum Gasteiger partial charge on any atom is -0.339 e. The van der Waals surface area contributed by atoms with E-state index in [1.54, 1.807) is 0 Å². The molecule has 0 amide bonds. The number of aromatic nitrogens is 3. The Balaban J connectivity index is 2.20. The molecule has 0 saturated heterocycles. The van der Waals surface area contributed by atoms with Gasteiger partial charge in [-0.05, 0) is 45.3 Å². The second kappa shape index (κ2) is 5.06. The Morgan fingerprint density at radius 3 is 2.70 bits per heavy atom. The standard InChI is InChI=1S/C16H18N4/c1-11-6-7-12(9-18-11)15-14(10-20(2)3)13-5-4-8-17-16(13)19-15/h4-9H,10H2,1-3H3,(H,17,19). The molecule has 0 aliphatic rings. The molecule has 4 nitrogen and oxygen atoms in total. The van der Waals surface area contributed by atoms with Crippen LogP contribution in [0.4, 0.5) is 0 Å². The number of fused-ring (bicyclic) bond motifs is 1.